The normalized spacial score (nSPS) is 17.7. The first-order valence-electron chi connectivity index (χ1n) is 8.62. The van der Waals surface area contributed by atoms with Gasteiger partial charge in [0.2, 0.25) is 0 Å². The Kier molecular flexibility index (Phi) is 4.32. The van der Waals surface area contributed by atoms with Crippen molar-refractivity contribution in [3.05, 3.63) is 40.7 Å². The van der Waals surface area contributed by atoms with Gasteiger partial charge in [-0.05, 0) is 38.0 Å². The van der Waals surface area contributed by atoms with Gasteiger partial charge in [0, 0.05) is 37.3 Å². The second kappa shape index (κ2) is 6.64. The van der Waals surface area contributed by atoms with Crippen molar-refractivity contribution in [1.29, 1.82) is 0 Å². The molecule has 0 spiro atoms. The van der Waals surface area contributed by atoms with E-state index < -0.39 is 0 Å². The summed E-state index contributed by atoms with van der Waals surface area (Å²) in [4.78, 5) is 19.1. The zero-order chi connectivity index (χ0) is 18.3. The minimum atomic E-state index is -0.107. The summed E-state index contributed by atoms with van der Waals surface area (Å²) in [5.74, 6) is -0.107. The minimum Gasteiger partial charge on any atom is -0.423 e. The third-order valence-corrected chi connectivity index (χ3v) is 4.84. The lowest BCUT2D eigenvalue weighted by molar-refractivity contribution is 0.0923. The molecule has 1 amide bonds. The number of rotatable bonds is 3. The highest BCUT2D eigenvalue weighted by molar-refractivity contribution is 6.31. The predicted molar refractivity (Wildman–Crippen MR) is 99.7 cm³/mol. The van der Waals surface area contributed by atoms with Gasteiger partial charge in [-0.25, -0.2) is 0 Å². The van der Waals surface area contributed by atoms with Crippen LogP contribution < -0.4 is 10.2 Å². The molecule has 0 saturated carbocycles. The molecule has 1 atom stereocenters. The van der Waals surface area contributed by atoms with Gasteiger partial charge in [0.05, 0.1) is 5.69 Å². The Morgan fingerprint density at radius 2 is 2.23 bits per heavy atom. The molecule has 1 unspecified atom stereocenters. The molecular formula is C18H20ClN5O2. The van der Waals surface area contributed by atoms with Gasteiger partial charge < -0.3 is 14.6 Å². The van der Waals surface area contributed by atoms with Crippen LogP contribution >= 0.6 is 11.6 Å². The van der Waals surface area contributed by atoms with Crippen LogP contribution in [0.25, 0.3) is 11.1 Å². The number of hydrogen-bond donors (Lipinski definition) is 1. The number of carbonyl (C=O) groups excluding carboxylic acids is 1. The molecule has 26 heavy (non-hydrogen) atoms. The van der Waals surface area contributed by atoms with Crippen LogP contribution in [0.2, 0.25) is 5.02 Å². The number of nitrogens with zero attached hydrogens (tertiary/aromatic N) is 4. The topological polar surface area (TPSA) is 76.2 Å². The highest BCUT2D eigenvalue weighted by atomic mass is 35.5. The van der Waals surface area contributed by atoms with E-state index in [1.807, 2.05) is 13.0 Å². The highest BCUT2D eigenvalue weighted by Crippen LogP contribution is 2.26. The van der Waals surface area contributed by atoms with E-state index in [0.717, 1.165) is 30.6 Å². The number of piperidine rings is 1. The minimum absolute atomic E-state index is 0.0325. The Morgan fingerprint density at radius 1 is 1.38 bits per heavy atom. The second-order valence-electron chi connectivity index (χ2n) is 6.66. The van der Waals surface area contributed by atoms with Crippen molar-refractivity contribution in [3.63, 3.8) is 0 Å². The molecule has 1 aromatic carbocycles. The quantitative estimate of drug-likeness (QED) is 0.763. The third kappa shape index (κ3) is 3.26. The maximum absolute atomic E-state index is 12.5. The Balaban J connectivity index is 1.48. The Bertz CT molecular complexity index is 964. The van der Waals surface area contributed by atoms with Crippen LogP contribution in [0.1, 0.15) is 29.0 Å². The van der Waals surface area contributed by atoms with E-state index >= 15 is 0 Å². The Morgan fingerprint density at radius 3 is 3.00 bits per heavy atom. The summed E-state index contributed by atoms with van der Waals surface area (Å²) in [6, 6.07) is 7.80. The molecule has 2 aromatic heterocycles. The van der Waals surface area contributed by atoms with Crippen molar-refractivity contribution in [2.45, 2.75) is 25.8 Å². The fraction of sp³-hybridized carbons (Fsp3) is 0.389. The number of carbonyl (C=O) groups is 1. The number of aryl methyl sites for hydroxylation is 2. The smallest absolute Gasteiger partial charge is 0.298 e. The highest BCUT2D eigenvalue weighted by Gasteiger charge is 2.26. The van der Waals surface area contributed by atoms with E-state index in [9.17, 15) is 4.79 Å². The van der Waals surface area contributed by atoms with Crippen molar-refractivity contribution >= 4 is 34.6 Å². The predicted octanol–water partition coefficient (Wildman–Crippen LogP) is 2.92. The Labute approximate surface area is 155 Å². The summed E-state index contributed by atoms with van der Waals surface area (Å²) >= 11 is 6.01. The number of hydrogen-bond acceptors (Lipinski definition) is 5. The average Bonchev–Trinajstić information content (AvgIpc) is 3.17. The van der Waals surface area contributed by atoms with Gasteiger partial charge >= 0.3 is 0 Å². The van der Waals surface area contributed by atoms with E-state index in [0.29, 0.717) is 28.9 Å². The zero-order valence-corrected chi connectivity index (χ0v) is 15.5. The number of aromatic nitrogens is 3. The lowest BCUT2D eigenvalue weighted by Crippen LogP contribution is -2.48. The van der Waals surface area contributed by atoms with E-state index in [2.05, 4.69) is 20.3 Å². The van der Waals surface area contributed by atoms with Crippen LogP contribution in [0, 0.1) is 6.92 Å². The van der Waals surface area contributed by atoms with Crippen LogP contribution in [0.3, 0.4) is 0 Å². The van der Waals surface area contributed by atoms with Crippen molar-refractivity contribution < 1.29 is 9.21 Å². The molecule has 4 rings (SSSR count). The summed E-state index contributed by atoms with van der Waals surface area (Å²) < 4.78 is 7.46. The van der Waals surface area contributed by atoms with Crippen molar-refractivity contribution in [3.8, 4) is 0 Å². The molecule has 1 saturated heterocycles. The summed E-state index contributed by atoms with van der Waals surface area (Å²) in [6.45, 7) is 3.37. The summed E-state index contributed by atoms with van der Waals surface area (Å²) in [7, 11) is 1.78. The zero-order valence-electron chi connectivity index (χ0n) is 14.7. The fourth-order valence-corrected chi connectivity index (χ4v) is 3.53. The molecule has 1 N–H and O–H groups in total. The monoisotopic (exact) mass is 373 g/mol. The molecule has 3 aromatic rings. The summed E-state index contributed by atoms with van der Waals surface area (Å²) in [5, 5.41) is 7.95. The molecule has 7 nitrogen and oxygen atoms in total. The number of nitrogens with one attached hydrogen (secondary N) is 1. The lowest BCUT2D eigenvalue weighted by atomic mass is 10.1. The summed E-state index contributed by atoms with van der Waals surface area (Å²) in [6.07, 6.45) is 1.87. The maximum Gasteiger partial charge on any atom is 0.298 e. The lowest BCUT2D eigenvalue weighted by Gasteiger charge is -2.32. The molecule has 3 heterocycles. The number of anilines is 1. The molecule has 136 valence electrons. The maximum atomic E-state index is 12.5. The number of halogens is 1. The standard InChI is InChI=1S/C18H20ClN5O2/c1-11-8-15(23(2)22-11)17(25)20-13-4-3-7-24(10-13)18-21-14-6-5-12(19)9-16(14)26-18/h5-6,8-9,13H,3-4,7,10H2,1-2H3,(H,20,25). The van der Waals surface area contributed by atoms with Gasteiger partial charge in [0.25, 0.3) is 11.9 Å². The molecule has 0 aliphatic carbocycles. The van der Waals surface area contributed by atoms with Gasteiger partial charge in [-0.2, -0.15) is 10.1 Å². The SMILES string of the molecule is Cc1cc(C(=O)NC2CCCN(c3nc4ccc(Cl)cc4o3)C2)n(C)n1. The van der Waals surface area contributed by atoms with Crippen LogP contribution in [0.15, 0.2) is 28.7 Å². The van der Waals surface area contributed by atoms with Crippen molar-refractivity contribution in [2.75, 3.05) is 18.0 Å². The van der Waals surface area contributed by atoms with Crippen LogP contribution in [0.4, 0.5) is 6.01 Å². The number of amides is 1. The molecule has 1 aliphatic heterocycles. The van der Waals surface area contributed by atoms with E-state index in [1.54, 1.807) is 29.9 Å². The molecule has 0 radical (unpaired) electrons. The number of fused-ring (bicyclic) bond motifs is 1. The fourth-order valence-electron chi connectivity index (χ4n) is 3.37. The van der Waals surface area contributed by atoms with Gasteiger partial charge in [-0.15, -0.1) is 0 Å². The van der Waals surface area contributed by atoms with E-state index in [1.165, 1.54) is 0 Å². The van der Waals surface area contributed by atoms with Crippen LogP contribution in [-0.4, -0.2) is 39.8 Å². The third-order valence-electron chi connectivity index (χ3n) is 4.60. The van der Waals surface area contributed by atoms with E-state index in [4.69, 9.17) is 16.0 Å². The van der Waals surface area contributed by atoms with Gasteiger partial charge in [0.15, 0.2) is 5.58 Å². The largest absolute Gasteiger partial charge is 0.423 e. The van der Waals surface area contributed by atoms with Gasteiger partial charge in [-0.1, -0.05) is 11.6 Å². The summed E-state index contributed by atoms with van der Waals surface area (Å²) in [5.41, 5.74) is 2.84. The van der Waals surface area contributed by atoms with Crippen LogP contribution in [-0.2, 0) is 7.05 Å². The van der Waals surface area contributed by atoms with Gasteiger partial charge in [-0.3, -0.25) is 9.48 Å². The number of oxazole rings is 1. The Hall–Kier alpha value is -2.54. The average molecular weight is 374 g/mol. The number of benzene rings is 1. The second-order valence-corrected chi connectivity index (χ2v) is 7.10. The van der Waals surface area contributed by atoms with Gasteiger partial charge in [0.1, 0.15) is 11.2 Å². The molecule has 0 bridgehead atoms. The molecule has 8 heteroatoms. The first-order valence-corrected chi connectivity index (χ1v) is 9.00. The van der Waals surface area contributed by atoms with Crippen molar-refractivity contribution in [2.24, 2.45) is 7.05 Å². The van der Waals surface area contributed by atoms with E-state index in [-0.39, 0.29) is 11.9 Å². The first-order chi connectivity index (χ1) is 12.5. The van der Waals surface area contributed by atoms with Crippen molar-refractivity contribution in [1.82, 2.24) is 20.1 Å². The molecule has 1 aliphatic rings. The first kappa shape index (κ1) is 16.9. The van der Waals surface area contributed by atoms with Crippen LogP contribution in [0.5, 0.6) is 0 Å². The molecule has 1 fully saturated rings. The molecular weight excluding hydrogens is 354 g/mol.